The summed E-state index contributed by atoms with van der Waals surface area (Å²) >= 11 is 7.16. The Morgan fingerprint density at radius 3 is 2.25 bits per heavy atom. The number of fused-ring (bicyclic) bond motifs is 2. The van der Waals surface area contributed by atoms with Gasteiger partial charge in [-0.1, -0.05) is 92.5 Å². The van der Waals surface area contributed by atoms with Gasteiger partial charge in [0, 0.05) is 8.95 Å². The highest BCUT2D eigenvalue weighted by Gasteiger charge is 2.01. The lowest BCUT2D eigenvalue weighted by Crippen LogP contribution is -1.80. The smallest absolute Gasteiger partial charge is 0.0254 e. The zero-order chi connectivity index (χ0) is 16.5. The average molecular weight is 438 g/mol. The summed E-state index contributed by atoms with van der Waals surface area (Å²) in [4.78, 5) is 0. The van der Waals surface area contributed by atoms with Gasteiger partial charge in [-0.25, -0.2) is 0 Å². The molecule has 2 heteroatoms. The number of rotatable bonds is 2. The summed E-state index contributed by atoms with van der Waals surface area (Å²) in [5.41, 5.74) is 2.43. The number of benzene rings is 4. The lowest BCUT2D eigenvalue weighted by molar-refractivity contribution is 1.67. The molecule has 0 aliphatic heterocycles. The normalized spacial score (nSPS) is 11.6. The van der Waals surface area contributed by atoms with E-state index < -0.39 is 0 Å². The first kappa shape index (κ1) is 15.6. The van der Waals surface area contributed by atoms with Gasteiger partial charge >= 0.3 is 0 Å². The van der Waals surface area contributed by atoms with Crippen LogP contribution in [0.15, 0.2) is 81.7 Å². The first-order valence-corrected chi connectivity index (χ1v) is 9.34. The fourth-order valence-corrected chi connectivity index (χ4v) is 3.81. The standard InChI is InChI=1S/C22H14Br2/c23-19-11-9-17-13-15(6-8-18(17)14-19)5-7-16-10-12-22(24)21-4-2-1-3-20(16)21/h1-14H. The molecule has 0 bridgehead atoms. The molecule has 0 N–H and O–H groups in total. The van der Waals surface area contributed by atoms with Crippen LogP contribution in [0, 0.1) is 0 Å². The molecule has 0 saturated heterocycles. The van der Waals surface area contributed by atoms with Gasteiger partial charge in [0.2, 0.25) is 0 Å². The van der Waals surface area contributed by atoms with Crippen molar-refractivity contribution in [2.24, 2.45) is 0 Å². The Morgan fingerprint density at radius 2 is 1.38 bits per heavy atom. The van der Waals surface area contributed by atoms with Crippen molar-refractivity contribution in [1.29, 1.82) is 0 Å². The molecule has 0 unspecified atom stereocenters. The van der Waals surface area contributed by atoms with Crippen LogP contribution in [0.2, 0.25) is 0 Å². The zero-order valence-corrected chi connectivity index (χ0v) is 16.0. The lowest BCUT2D eigenvalue weighted by atomic mass is 10.0. The molecule has 116 valence electrons. The summed E-state index contributed by atoms with van der Waals surface area (Å²) in [5, 5.41) is 4.99. The highest BCUT2D eigenvalue weighted by atomic mass is 79.9. The fourth-order valence-electron chi connectivity index (χ4n) is 2.96. The first-order valence-electron chi connectivity index (χ1n) is 7.75. The molecule has 0 heterocycles. The molecule has 0 nitrogen and oxygen atoms in total. The van der Waals surface area contributed by atoms with Crippen LogP contribution in [0.5, 0.6) is 0 Å². The molecule has 0 saturated carbocycles. The predicted octanol–water partition coefficient (Wildman–Crippen LogP) is 7.69. The van der Waals surface area contributed by atoms with Gasteiger partial charge in [-0.3, -0.25) is 0 Å². The van der Waals surface area contributed by atoms with Gasteiger partial charge < -0.3 is 0 Å². The second kappa shape index (κ2) is 6.54. The van der Waals surface area contributed by atoms with E-state index in [4.69, 9.17) is 0 Å². The maximum absolute atomic E-state index is 3.63. The molecular formula is C22H14Br2. The van der Waals surface area contributed by atoms with Crippen molar-refractivity contribution in [3.05, 3.63) is 92.9 Å². The number of hydrogen-bond donors (Lipinski definition) is 0. The molecule has 0 aliphatic rings. The molecule has 0 amide bonds. The van der Waals surface area contributed by atoms with E-state index in [1.54, 1.807) is 0 Å². The highest BCUT2D eigenvalue weighted by Crippen LogP contribution is 2.28. The Morgan fingerprint density at radius 1 is 0.625 bits per heavy atom. The SMILES string of the molecule is Brc1ccc2cc(C=Cc3ccc(Br)c4ccccc34)ccc2c1. The molecule has 0 aromatic heterocycles. The lowest BCUT2D eigenvalue weighted by Gasteiger charge is -2.05. The van der Waals surface area contributed by atoms with E-state index in [-0.39, 0.29) is 0 Å². The molecule has 4 aromatic rings. The van der Waals surface area contributed by atoms with Crippen LogP contribution in [-0.4, -0.2) is 0 Å². The minimum absolute atomic E-state index is 1.11. The molecule has 0 radical (unpaired) electrons. The quantitative estimate of drug-likeness (QED) is 0.282. The van der Waals surface area contributed by atoms with Crippen LogP contribution < -0.4 is 0 Å². The summed E-state index contributed by atoms with van der Waals surface area (Å²) in [5.74, 6) is 0. The molecule has 0 atom stereocenters. The Kier molecular flexibility index (Phi) is 4.26. The van der Waals surface area contributed by atoms with E-state index in [1.165, 1.54) is 32.7 Å². The van der Waals surface area contributed by atoms with Crippen molar-refractivity contribution in [2.75, 3.05) is 0 Å². The largest absolute Gasteiger partial charge is 0.0616 e. The molecular weight excluding hydrogens is 424 g/mol. The van der Waals surface area contributed by atoms with E-state index in [0.29, 0.717) is 0 Å². The van der Waals surface area contributed by atoms with Gasteiger partial charge in [-0.05, 0) is 56.9 Å². The minimum atomic E-state index is 1.11. The van der Waals surface area contributed by atoms with E-state index in [0.717, 1.165) is 8.95 Å². The highest BCUT2D eigenvalue weighted by molar-refractivity contribution is 9.11. The van der Waals surface area contributed by atoms with E-state index in [1.807, 2.05) is 0 Å². The van der Waals surface area contributed by atoms with Crippen molar-refractivity contribution in [1.82, 2.24) is 0 Å². The second-order valence-corrected chi connectivity index (χ2v) is 7.54. The molecule has 4 aromatic carbocycles. The number of hydrogen-bond acceptors (Lipinski definition) is 0. The van der Waals surface area contributed by atoms with E-state index in [2.05, 4.69) is 117 Å². The summed E-state index contributed by atoms with van der Waals surface area (Å²) in [6, 6.07) is 25.6. The Hall–Kier alpha value is -1.90. The minimum Gasteiger partial charge on any atom is -0.0616 e. The summed E-state index contributed by atoms with van der Waals surface area (Å²) in [6.07, 6.45) is 4.37. The Labute approximate surface area is 158 Å². The topological polar surface area (TPSA) is 0 Å². The van der Waals surface area contributed by atoms with Crippen LogP contribution in [0.25, 0.3) is 33.7 Å². The van der Waals surface area contributed by atoms with Crippen LogP contribution in [0.3, 0.4) is 0 Å². The zero-order valence-electron chi connectivity index (χ0n) is 12.8. The Balaban J connectivity index is 1.75. The molecule has 0 spiro atoms. The van der Waals surface area contributed by atoms with Crippen molar-refractivity contribution in [3.63, 3.8) is 0 Å². The van der Waals surface area contributed by atoms with E-state index in [9.17, 15) is 0 Å². The predicted molar refractivity (Wildman–Crippen MR) is 112 cm³/mol. The van der Waals surface area contributed by atoms with Crippen molar-refractivity contribution < 1.29 is 0 Å². The third-order valence-corrected chi connectivity index (χ3v) is 5.37. The van der Waals surface area contributed by atoms with Crippen LogP contribution in [-0.2, 0) is 0 Å². The molecule has 4 rings (SSSR count). The maximum atomic E-state index is 3.63. The summed E-state index contributed by atoms with van der Waals surface area (Å²) in [7, 11) is 0. The van der Waals surface area contributed by atoms with Gasteiger partial charge in [0.1, 0.15) is 0 Å². The fraction of sp³-hybridized carbons (Fsp3) is 0. The Bertz CT molecular complexity index is 1080. The van der Waals surface area contributed by atoms with Gasteiger partial charge in [-0.15, -0.1) is 0 Å². The molecule has 0 aliphatic carbocycles. The van der Waals surface area contributed by atoms with Crippen molar-refractivity contribution in [3.8, 4) is 0 Å². The third kappa shape index (κ3) is 3.04. The van der Waals surface area contributed by atoms with Crippen molar-refractivity contribution in [2.45, 2.75) is 0 Å². The maximum Gasteiger partial charge on any atom is 0.0254 e. The van der Waals surface area contributed by atoms with Crippen molar-refractivity contribution >= 4 is 65.6 Å². The number of halogens is 2. The van der Waals surface area contributed by atoms with Gasteiger partial charge in [-0.2, -0.15) is 0 Å². The summed E-state index contributed by atoms with van der Waals surface area (Å²) in [6.45, 7) is 0. The average Bonchev–Trinajstić information content (AvgIpc) is 2.61. The van der Waals surface area contributed by atoms with Gasteiger partial charge in [0.05, 0.1) is 0 Å². The van der Waals surface area contributed by atoms with Crippen LogP contribution in [0.4, 0.5) is 0 Å². The third-order valence-electron chi connectivity index (χ3n) is 4.19. The monoisotopic (exact) mass is 436 g/mol. The first-order chi connectivity index (χ1) is 11.7. The van der Waals surface area contributed by atoms with Crippen LogP contribution >= 0.6 is 31.9 Å². The molecule has 24 heavy (non-hydrogen) atoms. The second-order valence-electron chi connectivity index (χ2n) is 5.77. The molecule has 0 fully saturated rings. The van der Waals surface area contributed by atoms with Crippen LogP contribution in [0.1, 0.15) is 11.1 Å². The van der Waals surface area contributed by atoms with E-state index >= 15 is 0 Å². The van der Waals surface area contributed by atoms with Gasteiger partial charge in [0.15, 0.2) is 0 Å². The van der Waals surface area contributed by atoms with Gasteiger partial charge in [0.25, 0.3) is 0 Å². The summed E-state index contributed by atoms with van der Waals surface area (Å²) < 4.78 is 2.24.